The first-order chi connectivity index (χ1) is 8.93. The number of aromatic nitrogens is 2. The van der Waals surface area contributed by atoms with Crippen molar-refractivity contribution in [2.24, 2.45) is 7.05 Å². The highest BCUT2D eigenvalue weighted by atomic mass is 32.2. The Hall–Kier alpha value is -1.24. The normalized spacial score (nSPS) is 19.5. The lowest BCUT2D eigenvalue weighted by Crippen LogP contribution is -2.32. The van der Waals surface area contributed by atoms with E-state index in [-0.39, 0.29) is 17.5 Å². The minimum absolute atomic E-state index is 0.163. The molecule has 0 bridgehead atoms. The molecule has 108 valence electrons. The highest BCUT2D eigenvalue weighted by molar-refractivity contribution is 7.91. The molecule has 0 saturated carbocycles. The van der Waals surface area contributed by atoms with Crippen LogP contribution in [0, 0.1) is 0 Å². The molecule has 19 heavy (non-hydrogen) atoms. The van der Waals surface area contributed by atoms with Gasteiger partial charge in [-0.05, 0) is 19.3 Å². The fourth-order valence-electron chi connectivity index (χ4n) is 2.42. The van der Waals surface area contributed by atoms with Crippen molar-refractivity contribution in [1.82, 2.24) is 9.78 Å². The molecule has 0 atom stereocenters. The van der Waals surface area contributed by atoms with Crippen LogP contribution in [-0.2, 0) is 23.3 Å². The van der Waals surface area contributed by atoms with Crippen molar-refractivity contribution in [3.63, 3.8) is 0 Å². The van der Waals surface area contributed by atoms with E-state index in [9.17, 15) is 8.42 Å². The van der Waals surface area contributed by atoms with Gasteiger partial charge in [-0.25, -0.2) is 8.42 Å². The van der Waals surface area contributed by atoms with E-state index in [0.29, 0.717) is 18.5 Å². The van der Waals surface area contributed by atoms with Crippen LogP contribution in [-0.4, -0.2) is 35.7 Å². The summed E-state index contributed by atoms with van der Waals surface area (Å²) in [7, 11) is -0.967. The third kappa shape index (κ3) is 3.20. The smallest absolute Gasteiger partial charge is 0.150 e. The number of nitrogen functional groups attached to an aromatic ring is 1. The minimum atomic E-state index is -2.83. The molecule has 1 saturated heterocycles. The summed E-state index contributed by atoms with van der Waals surface area (Å²) in [6, 6.07) is 0.163. The number of nitrogens with one attached hydrogen (secondary N) is 1. The van der Waals surface area contributed by atoms with Gasteiger partial charge >= 0.3 is 0 Å². The monoisotopic (exact) mass is 286 g/mol. The Morgan fingerprint density at radius 2 is 2.05 bits per heavy atom. The summed E-state index contributed by atoms with van der Waals surface area (Å²) < 4.78 is 24.6. The number of anilines is 2. The summed E-state index contributed by atoms with van der Waals surface area (Å²) >= 11 is 0. The summed E-state index contributed by atoms with van der Waals surface area (Å²) in [5.74, 6) is 1.32. The van der Waals surface area contributed by atoms with Gasteiger partial charge in [-0.2, -0.15) is 5.10 Å². The first kappa shape index (κ1) is 14.2. The lowest BCUT2D eigenvalue weighted by atomic mass is 10.1. The van der Waals surface area contributed by atoms with Crippen molar-refractivity contribution in [3.05, 3.63) is 5.69 Å². The van der Waals surface area contributed by atoms with Gasteiger partial charge in [0, 0.05) is 13.1 Å². The molecule has 1 fully saturated rings. The Kier molecular flexibility index (Phi) is 4.03. The predicted octanol–water partition coefficient (Wildman–Crippen LogP) is 0.944. The maximum Gasteiger partial charge on any atom is 0.150 e. The van der Waals surface area contributed by atoms with Crippen LogP contribution >= 0.6 is 0 Å². The van der Waals surface area contributed by atoms with E-state index in [1.807, 2.05) is 7.05 Å². The Morgan fingerprint density at radius 3 is 2.63 bits per heavy atom. The van der Waals surface area contributed by atoms with Crippen LogP contribution in [0.25, 0.3) is 0 Å². The molecule has 2 heterocycles. The van der Waals surface area contributed by atoms with Crippen molar-refractivity contribution in [3.8, 4) is 0 Å². The number of sulfone groups is 1. The second-order valence-corrected chi connectivity index (χ2v) is 7.46. The molecule has 0 radical (unpaired) electrons. The lowest BCUT2D eigenvalue weighted by Gasteiger charge is -2.24. The average molecular weight is 286 g/mol. The van der Waals surface area contributed by atoms with Gasteiger partial charge in [-0.3, -0.25) is 4.68 Å². The molecule has 0 spiro atoms. The first-order valence-electron chi connectivity index (χ1n) is 6.71. The molecular formula is C12H22N4O2S. The maximum absolute atomic E-state index is 11.4. The minimum Gasteiger partial charge on any atom is -0.394 e. The second-order valence-electron chi connectivity index (χ2n) is 5.15. The molecule has 2 rings (SSSR count). The Morgan fingerprint density at radius 1 is 1.42 bits per heavy atom. The number of nitrogens with two attached hydrogens (primary N) is 1. The highest BCUT2D eigenvalue weighted by Gasteiger charge is 2.25. The summed E-state index contributed by atoms with van der Waals surface area (Å²) in [5.41, 5.74) is 7.70. The van der Waals surface area contributed by atoms with E-state index in [0.717, 1.165) is 24.4 Å². The Bertz CT molecular complexity index is 536. The fraction of sp³-hybridized carbons (Fsp3) is 0.750. The van der Waals surface area contributed by atoms with Gasteiger partial charge < -0.3 is 11.1 Å². The van der Waals surface area contributed by atoms with E-state index >= 15 is 0 Å². The zero-order valence-corrected chi connectivity index (χ0v) is 12.3. The topological polar surface area (TPSA) is 90.0 Å². The standard InChI is InChI=1S/C12H22N4O2S/c1-3-4-10-11(13)12(16(2)15-10)14-9-5-7-19(17,18)8-6-9/h9,14H,3-8,13H2,1-2H3. The number of hydrogen-bond donors (Lipinski definition) is 2. The zero-order chi connectivity index (χ0) is 14.0. The van der Waals surface area contributed by atoms with E-state index < -0.39 is 9.84 Å². The molecular weight excluding hydrogens is 264 g/mol. The van der Waals surface area contributed by atoms with Crippen molar-refractivity contribution in [2.45, 2.75) is 38.6 Å². The zero-order valence-electron chi connectivity index (χ0n) is 11.5. The van der Waals surface area contributed by atoms with Crippen LogP contribution in [0.1, 0.15) is 31.9 Å². The molecule has 0 aliphatic carbocycles. The number of nitrogens with zero attached hydrogens (tertiary/aromatic N) is 2. The third-order valence-corrected chi connectivity index (χ3v) is 5.26. The van der Waals surface area contributed by atoms with Crippen molar-refractivity contribution in [1.29, 1.82) is 0 Å². The van der Waals surface area contributed by atoms with Crippen LogP contribution in [0.4, 0.5) is 11.5 Å². The molecule has 0 aromatic carbocycles. The van der Waals surface area contributed by atoms with Gasteiger partial charge in [-0.1, -0.05) is 13.3 Å². The molecule has 1 aromatic heterocycles. The van der Waals surface area contributed by atoms with Crippen molar-refractivity contribution < 1.29 is 8.42 Å². The Labute approximate surface area is 114 Å². The largest absolute Gasteiger partial charge is 0.394 e. The molecule has 1 aliphatic rings. The highest BCUT2D eigenvalue weighted by Crippen LogP contribution is 2.26. The number of aryl methyl sites for hydroxylation is 2. The van der Waals surface area contributed by atoms with E-state index in [4.69, 9.17) is 5.73 Å². The van der Waals surface area contributed by atoms with E-state index in [2.05, 4.69) is 17.3 Å². The maximum atomic E-state index is 11.4. The Balaban J connectivity index is 2.07. The van der Waals surface area contributed by atoms with Crippen LogP contribution in [0.5, 0.6) is 0 Å². The quantitative estimate of drug-likeness (QED) is 0.860. The SMILES string of the molecule is CCCc1nn(C)c(NC2CCS(=O)(=O)CC2)c1N. The molecule has 0 amide bonds. The van der Waals surface area contributed by atoms with Gasteiger partial charge in [0.15, 0.2) is 0 Å². The van der Waals surface area contributed by atoms with Crippen molar-refractivity contribution >= 4 is 21.3 Å². The average Bonchev–Trinajstić information content (AvgIpc) is 2.60. The van der Waals surface area contributed by atoms with E-state index in [1.165, 1.54) is 0 Å². The van der Waals surface area contributed by atoms with Crippen LogP contribution in [0.3, 0.4) is 0 Å². The molecule has 0 unspecified atom stereocenters. The first-order valence-corrected chi connectivity index (χ1v) is 8.53. The van der Waals surface area contributed by atoms with Gasteiger partial charge in [0.2, 0.25) is 0 Å². The van der Waals surface area contributed by atoms with Crippen molar-refractivity contribution in [2.75, 3.05) is 22.6 Å². The summed E-state index contributed by atoms with van der Waals surface area (Å²) in [6.07, 6.45) is 3.13. The summed E-state index contributed by atoms with van der Waals surface area (Å²) in [5, 5.41) is 7.75. The molecule has 1 aliphatic heterocycles. The fourth-order valence-corrected chi connectivity index (χ4v) is 3.91. The van der Waals surface area contributed by atoms with Crippen LogP contribution < -0.4 is 11.1 Å². The van der Waals surface area contributed by atoms with Crippen LogP contribution in [0.15, 0.2) is 0 Å². The number of rotatable bonds is 4. The number of hydrogen-bond acceptors (Lipinski definition) is 5. The van der Waals surface area contributed by atoms with Gasteiger partial charge in [-0.15, -0.1) is 0 Å². The molecule has 7 heteroatoms. The predicted molar refractivity (Wildman–Crippen MR) is 76.9 cm³/mol. The molecule has 3 N–H and O–H groups in total. The van der Waals surface area contributed by atoms with Gasteiger partial charge in [0.05, 0.1) is 22.9 Å². The third-order valence-electron chi connectivity index (χ3n) is 3.54. The molecule has 1 aromatic rings. The molecule has 6 nitrogen and oxygen atoms in total. The van der Waals surface area contributed by atoms with Gasteiger partial charge in [0.1, 0.15) is 15.7 Å². The lowest BCUT2D eigenvalue weighted by molar-refractivity contribution is 0.557. The summed E-state index contributed by atoms with van der Waals surface area (Å²) in [6.45, 7) is 2.09. The van der Waals surface area contributed by atoms with E-state index in [1.54, 1.807) is 4.68 Å². The second kappa shape index (κ2) is 5.40. The van der Waals surface area contributed by atoms with Crippen LogP contribution in [0.2, 0.25) is 0 Å². The summed E-state index contributed by atoms with van der Waals surface area (Å²) in [4.78, 5) is 0. The van der Waals surface area contributed by atoms with Gasteiger partial charge in [0.25, 0.3) is 0 Å².